The topological polar surface area (TPSA) is 71.5 Å². The van der Waals surface area contributed by atoms with E-state index in [0.29, 0.717) is 10.9 Å². The third kappa shape index (κ3) is 4.12. The predicted octanol–water partition coefficient (Wildman–Crippen LogP) is 4.82. The van der Waals surface area contributed by atoms with Gasteiger partial charge in [0.2, 0.25) is 5.91 Å². The minimum atomic E-state index is -0.244. The molecular weight excluding hydrogens is 422 g/mol. The van der Waals surface area contributed by atoms with Crippen LogP contribution in [0.25, 0.3) is 11.3 Å². The number of aryl methyl sites for hydroxylation is 1. The van der Waals surface area contributed by atoms with Crippen molar-refractivity contribution in [3.8, 4) is 17.0 Å². The highest BCUT2D eigenvalue weighted by atomic mass is 32.1. The fourth-order valence-electron chi connectivity index (χ4n) is 4.18. The van der Waals surface area contributed by atoms with Crippen LogP contribution in [-0.4, -0.2) is 29.4 Å². The van der Waals surface area contributed by atoms with Crippen LogP contribution in [0.15, 0.2) is 48.5 Å². The van der Waals surface area contributed by atoms with E-state index in [-0.39, 0.29) is 30.4 Å². The molecule has 6 nitrogen and oxygen atoms in total. The average molecular weight is 448 g/mol. The van der Waals surface area contributed by atoms with Gasteiger partial charge in [0.25, 0.3) is 5.91 Å². The molecule has 1 aromatic heterocycles. The van der Waals surface area contributed by atoms with E-state index >= 15 is 0 Å². The summed E-state index contributed by atoms with van der Waals surface area (Å²) in [5.41, 5.74) is 4.07. The minimum absolute atomic E-state index is 0.0699. The summed E-state index contributed by atoms with van der Waals surface area (Å²) in [6, 6.07) is 15.6. The predicted molar refractivity (Wildman–Crippen MR) is 126 cm³/mol. The van der Waals surface area contributed by atoms with Gasteiger partial charge in [-0.15, -0.1) is 11.3 Å². The maximum atomic E-state index is 12.7. The van der Waals surface area contributed by atoms with Crippen LogP contribution >= 0.6 is 11.3 Å². The Bertz CT molecular complexity index is 1170. The van der Waals surface area contributed by atoms with Crippen molar-refractivity contribution in [2.45, 2.75) is 39.2 Å². The Hall–Kier alpha value is -3.19. The van der Waals surface area contributed by atoms with Crippen molar-refractivity contribution in [2.24, 2.45) is 5.92 Å². The molecule has 0 radical (unpaired) electrons. The van der Waals surface area contributed by atoms with Gasteiger partial charge in [0.05, 0.1) is 5.69 Å². The van der Waals surface area contributed by atoms with Gasteiger partial charge in [-0.3, -0.25) is 14.9 Å². The van der Waals surface area contributed by atoms with E-state index in [9.17, 15) is 9.59 Å². The molecule has 2 aliphatic rings. The summed E-state index contributed by atoms with van der Waals surface area (Å²) in [6.07, 6.45) is 2.88. The highest BCUT2D eigenvalue weighted by molar-refractivity contribution is 7.16. The largest absolute Gasteiger partial charge is 0.484 e. The number of benzene rings is 2. The van der Waals surface area contributed by atoms with Crippen LogP contribution in [-0.2, 0) is 16.0 Å². The van der Waals surface area contributed by atoms with Gasteiger partial charge in [0.1, 0.15) is 5.75 Å². The summed E-state index contributed by atoms with van der Waals surface area (Å²) in [7, 11) is 0. The van der Waals surface area contributed by atoms with E-state index < -0.39 is 0 Å². The van der Waals surface area contributed by atoms with Gasteiger partial charge in [-0.05, 0) is 62.9 Å². The number of fused-ring (bicyclic) bond motifs is 1. The van der Waals surface area contributed by atoms with Gasteiger partial charge >= 0.3 is 0 Å². The second kappa shape index (κ2) is 8.39. The third-order valence-corrected chi connectivity index (χ3v) is 6.77. The summed E-state index contributed by atoms with van der Waals surface area (Å²) in [4.78, 5) is 32.7. The Labute approximate surface area is 191 Å². The zero-order valence-electron chi connectivity index (χ0n) is 18.1. The minimum Gasteiger partial charge on any atom is -0.484 e. The molecule has 1 aliphatic carbocycles. The molecule has 2 amide bonds. The Morgan fingerprint density at radius 1 is 1.19 bits per heavy atom. The molecule has 5 rings (SSSR count). The van der Waals surface area contributed by atoms with Crippen LogP contribution in [0.2, 0.25) is 0 Å². The first kappa shape index (κ1) is 20.7. The monoisotopic (exact) mass is 447 g/mol. The molecule has 1 fully saturated rings. The first-order valence-corrected chi connectivity index (χ1v) is 11.7. The van der Waals surface area contributed by atoms with E-state index in [1.807, 2.05) is 54.3 Å². The van der Waals surface area contributed by atoms with E-state index in [1.54, 1.807) is 0 Å². The highest BCUT2D eigenvalue weighted by Gasteiger charge is 2.39. The Morgan fingerprint density at radius 2 is 1.97 bits per heavy atom. The number of nitrogens with one attached hydrogen (secondary N) is 1. The second-order valence-corrected chi connectivity index (χ2v) is 9.66. The number of carbonyl (C=O) groups is 2. The highest BCUT2D eigenvalue weighted by Crippen LogP contribution is 2.41. The molecule has 1 saturated carbocycles. The number of anilines is 2. The lowest BCUT2D eigenvalue weighted by Crippen LogP contribution is -2.36. The number of thiazole rings is 1. The van der Waals surface area contributed by atoms with E-state index in [0.717, 1.165) is 41.1 Å². The van der Waals surface area contributed by atoms with E-state index in [4.69, 9.17) is 4.74 Å². The van der Waals surface area contributed by atoms with Crippen molar-refractivity contribution in [2.75, 3.05) is 16.8 Å². The molecule has 32 heavy (non-hydrogen) atoms. The van der Waals surface area contributed by atoms with Gasteiger partial charge in [-0.1, -0.05) is 24.3 Å². The second-order valence-electron chi connectivity index (χ2n) is 8.45. The number of nitrogens with zero attached hydrogens (tertiary/aromatic N) is 2. The molecule has 3 aromatic rings. The normalized spacial score (nSPS) is 17.2. The van der Waals surface area contributed by atoms with Gasteiger partial charge in [0, 0.05) is 28.1 Å². The van der Waals surface area contributed by atoms with Crippen molar-refractivity contribution in [3.05, 3.63) is 59.0 Å². The van der Waals surface area contributed by atoms with E-state index in [1.165, 1.54) is 16.9 Å². The standard InChI is InChI=1S/C25H25N3O3S/c1-15-12-19-13-18(10-11-21(19)28(15)24(30)17-8-9-17)23-16(2)32-25(27-23)26-22(29)14-31-20-6-4-3-5-7-20/h3-7,10-11,13,15,17H,8-9,12,14H2,1-2H3,(H,26,27,29). The number of rotatable bonds is 6. The summed E-state index contributed by atoms with van der Waals surface area (Å²) in [6.45, 7) is 4.04. The van der Waals surface area contributed by atoms with Crippen LogP contribution in [0.4, 0.5) is 10.8 Å². The smallest absolute Gasteiger partial charge is 0.264 e. The SMILES string of the molecule is Cc1sc(NC(=O)COc2ccccc2)nc1-c1ccc2c(c1)CC(C)N2C(=O)C1CC1. The lowest BCUT2D eigenvalue weighted by Gasteiger charge is -2.22. The molecule has 7 heteroatoms. The summed E-state index contributed by atoms with van der Waals surface area (Å²) < 4.78 is 5.51. The molecule has 1 atom stereocenters. The number of ether oxygens (including phenoxy) is 1. The quantitative estimate of drug-likeness (QED) is 0.588. The maximum absolute atomic E-state index is 12.7. The first-order chi connectivity index (χ1) is 15.5. The molecule has 1 unspecified atom stereocenters. The van der Waals surface area contributed by atoms with Crippen LogP contribution in [0, 0.1) is 12.8 Å². The van der Waals surface area contributed by atoms with Crippen LogP contribution in [0.1, 0.15) is 30.2 Å². The molecular formula is C25H25N3O3S. The van der Waals surface area contributed by atoms with Crippen LogP contribution in [0.3, 0.4) is 0 Å². The van der Waals surface area contributed by atoms with Gasteiger partial charge in [-0.25, -0.2) is 4.98 Å². The molecule has 164 valence electrons. The number of hydrogen-bond acceptors (Lipinski definition) is 5. The van der Waals surface area contributed by atoms with Crippen molar-refractivity contribution < 1.29 is 14.3 Å². The Balaban J connectivity index is 1.29. The number of carbonyl (C=O) groups excluding carboxylic acids is 2. The first-order valence-electron chi connectivity index (χ1n) is 10.9. The zero-order chi connectivity index (χ0) is 22.2. The molecule has 0 saturated heterocycles. The Kier molecular flexibility index (Phi) is 5.43. The zero-order valence-corrected chi connectivity index (χ0v) is 18.9. The summed E-state index contributed by atoms with van der Waals surface area (Å²) >= 11 is 1.45. The lowest BCUT2D eigenvalue weighted by molar-refractivity contribution is -0.120. The number of aromatic nitrogens is 1. The number of para-hydroxylation sites is 1. The van der Waals surface area contributed by atoms with Crippen LogP contribution < -0.4 is 15.0 Å². The van der Waals surface area contributed by atoms with Gasteiger partial charge in [-0.2, -0.15) is 0 Å². The third-order valence-electron chi connectivity index (χ3n) is 5.89. The number of hydrogen-bond donors (Lipinski definition) is 1. The van der Waals surface area contributed by atoms with Gasteiger partial charge < -0.3 is 9.64 Å². The van der Waals surface area contributed by atoms with Crippen molar-refractivity contribution in [1.82, 2.24) is 4.98 Å². The van der Waals surface area contributed by atoms with Crippen molar-refractivity contribution in [1.29, 1.82) is 0 Å². The molecule has 1 aliphatic heterocycles. The maximum Gasteiger partial charge on any atom is 0.264 e. The molecule has 0 spiro atoms. The van der Waals surface area contributed by atoms with E-state index in [2.05, 4.69) is 23.3 Å². The van der Waals surface area contributed by atoms with Gasteiger partial charge in [0.15, 0.2) is 11.7 Å². The summed E-state index contributed by atoms with van der Waals surface area (Å²) in [5, 5.41) is 3.39. The molecule has 0 bridgehead atoms. The lowest BCUT2D eigenvalue weighted by atomic mass is 10.0. The molecule has 1 N–H and O–H groups in total. The molecule has 2 aromatic carbocycles. The van der Waals surface area contributed by atoms with Crippen molar-refractivity contribution in [3.63, 3.8) is 0 Å². The fraction of sp³-hybridized carbons (Fsp3) is 0.320. The fourth-order valence-corrected chi connectivity index (χ4v) is 5.03. The molecule has 2 heterocycles. The van der Waals surface area contributed by atoms with Crippen LogP contribution in [0.5, 0.6) is 5.75 Å². The Morgan fingerprint density at radius 3 is 2.72 bits per heavy atom. The number of amides is 2. The summed E-state index contributed by atoms with van der Waals surface area (Å²) in [5.74, 6) is 0.879. The van der Waals surface area contributed by atoms with Crippen molar-refractivity contribution >= 4 is 34.0 Å². The average Bonchev–Trinajstić information content (AvgIpc) is 3.50.